The van der Waals surface area contributed by atoms with Crippen LogP contribution in [0.1, 0.15) is 11.1 Å². The molecule has 1 aliphatic rings. The lowest BCUT2D eigenvalue weighted by Crippen LogP contribution is -2.55. The van der Waals surface area contributed by atoms with Gasteiger partial charge in [0.25, 0.3) is 0 Å². The van der Waals surface area contributed by atoms with Crippen LogP contribution >= 0.6 is 0 Å². The molecular weight excluding hydrogens is 218 g/mol. The van der Waals surface area contributed by atoms with Crippen LogP contribution in [0.3, 0.4) is 0 Å². The summed E-state index contributed by atoms with van der Waals surface area (Å²) in [4.78, 5) is 11.1. The smallest absolute Gasteiger partial charge is 0.315 e. The van der Waals surface area contributed by atoms with Gasteiger partial charge in [-0.25, -0.2) is 0 Å². The molecule has 2 N–H and O–H groups in total. The normalized spacial score (nSPS) is 17.5. The Bertz CT molecular complexity index is 413. The van der Waals surface area contributed by atoms with Crippen molar-refractivity contribution in [3.8, 4) is 0 Å². The Morgan fingerprint density at radius 1 is 1.47 bits per heavy atom. The molecule has 92 valence electrons. The number of ether oxygens (including phenoxy) is 1. The highest BCUT2D eigenvalue weighted by Crippen LogP contribution is 2.26. The van der Waals surface area contributed by atoms with Gasteiger partial charge in [-0.05, 0) is 18.1 Å². The predicted molar refractivity (Wildman–Crippen MR) is 63.8 cm³/mol. The van der Waals surface area contributed by atoms with Crippen LogP contribution < -0.4 is 5.32 Å². The zero-order valence-electron chi connectivity index (χ0n) is 9.90. The van der Waals surface area contributed by atoms with Crippen molar-refractivity contribution < 1.29 is 14.6 Å². The molecule has 2 rings (SSSR count). The average Bonchev–Trinajstić information content (AvgIpc) is 2.23. The zero-order valence-corrected chi connectivity index (χ0v) is 9.90. The third-order valence-corrected chi connectivity index (χ3v) is 3.25. The van der Waals surface area contributed by atoms with Gasteiger partial charge in [-0.1, -0.05) is 24.3 Å². The van der Waals surface area contributed by atoms with Gasteiger partial charge in [-0.3, -0.25) is 4.79 Å². The van der Waals surface area contributed by atoms with E-state index in [0.29, 0.717) is 26.3 Å². The summed E-state index contributed by atoms with van der Waals surface area (Å²) < 4.78 is 5.01. The second-order valence-electron chi connectivity index (χ2n) is 4.61. The maximum absolute atomic E-state index is 11.1. The maximum Gasteiger partial charge on any atom is 0.315 e. The van der Waals surface area contributed by atoms with Gasteiger partial charge in [0.2, 0.25) is 0 Å². The topological polar surface area (TPSA) is 58.6 Å². The first-order chi connectivity index (χ1) is 8.14. The van der Waals surface area contributed by atoms with Crippen molar-refractivity contribution in [2.24, 2.45) is 5.41 Å². The van der Waals surface area contributed by atoms with Gasteiger partial charge in [-0.2, -0.15) is 0 Å². The van der Waals surface area contributed by atoms with Gasteiger partial charge in [0.1, 0.15) is 5.41 Å². The van der Waals surface area contributed by atoms with Crippen molar-refractivity contribution in [3.05, 3.63) is 35.4 Å². The van der Waals surface area contributed by atoms with Crippen LogP contribution in [0.25, 0.3) is 0 Å². The summed E-state index contributed by atoms with van der Waals surface area (Å²) in [6.45, 7) is 3.82. The summed E-state index contributed by atoms with van der Waals surface area (Å²) in [5, 5.41) is 12.3. The van der Waals surface area contributed by atoms with Gasteiger partial charge < -0.3 is 15.2 Å². The third-order valence-electron chi connectivity index (χ3n) is 3.25. The molecule has 0 bridgehead atoms. The third kappa shape index (κ3) is 2.48. The fraction of sp³-hybridized carbons (Fsp3) is 0.462. The fourth-order valence-corrected chi connectivity index (χ4v) is 1.89. The van der Waals surface area contributed by atoms with Crippen molar-refractivity contribution in [1.29, 1.82) is 0 Å². The highest BCUT2D eigenvalue weighted by Gasteiger charge is 2.45. The summed E-state index contributed by atoms with van der Waals surface area (Å²) in [6, 6.07) is 8.09. The average molecular weight is 235 g/mol. The second kappa shape index (κ2) is 4.85. The molecule has 1 aliphatic heterocycles. The van der Waals surface area contributed by atoms with E-state index < -0.39 is 11.4 Å². The molecule has 1 fully saturated rings. The largest absolute Gasteiger partial charge is 0.481 e. The van der Waals surface area contributed by atoms with Gasteiger partial charge in [0, 0.05) is 13.1 Å². The Hall–Kier alpha value is -1.39. The summed E-state index contributed by atoms with van der Waals surface area (Å²) in [5.74, 6) is -0.777. The SMILES string of the molecule is Cc1ccccc1CNCC1(C(=O)O)COC1. The van der Waals surface area contributed by atoms with E-state index in [-0.39, 0.29) is 0 Å². The molecule has 0 radical (unpaired) electrons. The minimum atomic E-state index is -0.777. The van der Waals surface area contributed by atoms with E-state index in [9.17, 15) is 4.79 Å². The molecule has 0 saturated carbocycles. The minimum absolute atomic E-state index is 0.309. The summed E-state index contributed by atoms with van der Waals surface area (Å²) >= 11 is 0. The molecular formula is C13H17NO3. The number of hydrogen-bond acceptors (Lipinski definition) is 3. The molecule has 0 amide bonds. The highest BCUT2D eigenvalue weighted by molar-refractivity contribution is 5.76. The molecule has 4 nitrogen and oxygen atoms in total. The number of aliphatic carboxylic acids is 1. The first-order valence-corrected chi connectivity index (χ1v) is 5.70. The van der Waals surface area contributed by atoms with Crippen LogP contribution in [0.2, 0.25) is 0 Å². The van der Waals surface area contributed by atoms with Crippen LogP contribution in [-0.2, 0) is 16.1 Å². The van der Waals surface area contributed by atoms with Crippen molar-refractivity contribution in [1.82, 2.24) is 5.32 Å². The van der Waals surface area contributed by atoms with Crippen molar-refractivity contribution in [2.45, 2.75) is 13.5 Å². The van der Waals surface area contributed by atoms with E-state index in [1.165, 1.54) is 11.1 Å². The number of aryl methyl sites for hydroxylation is 1. The summed E-state index contributed by atoms with van der Waals surface area (Å²) in [7, 11) is 0. The molecule has 4 heteroatoms. The minimum Gasteiger partial charge on any atom is -0.481 e. The van der Waals surface area contributed by atoms with Crippen LogP contribution in [0, 0.1) is 12.3 Å². The van der Waals surface area contributed by atoms with E-state index in [1.54, 1.807) is 0 Å². The molecule has 1 aromatic rings. The number of nitrogens with one attached hydrogen (secondary N) is 1. The lowest BCUT2D eigenvalue weighted by atomic mass is 9.86. The number of benzene rings is 1. The first kappa shape index (κ1) is 12.1. The Morgan fingerprint density at radius 3 is 2.71 bits per heavy atom. The number of carboxylic acids is 1. The Balaban J connectivity index is 1.88. The lowest BCUT2D eigenvalue weighted by Gasteiger charge is -2.37. The van der Waals surface area contributed by atoms with Crippen molar-refractivity contribution >= 4 is 5.97 Å². The van der Waals surface area contributed by atoms with E-state index in [2.05, 4.69) is 18.3 Å². The molecule has 1 aromatic carbocycles. The summed E-state index contributed by atoms with van der Waals surface area (Å²) in [5.41, 5.74) is 1.70. The van der Waals surface area contributed by atoms with Crippen LogP contribution in [0.15, 0.2) is 24.3 Å². The quantitative estimate of drug-likeness (QED) is 0.804. The van der Waals surface area contributed by atoms with Crippen molar-refractivity contribution in [2.75, 3.05) is 19.8 Å². The Kier molecular flexibility index (Phi) is 3.45. The predicted octanol–water partition coefficient (Wildman–Crippen LogP) is 1.19. The Labute approximate surface area is 101 Å². The molecule has 0 aromatic heterocycles. The maximum atomic E-state index is 11.1. The standard InChI is InChI=1S/C13H17NO3/c1-10-4-2-3-5-11(10)6-14-7-13(12(15)16)8-17-9-13/h2-5,14H,6-9H2,1H3,(H,15,16). The first-order valence-electron chi connectivity index (χ1n) is 5.70. The summed E-state index contributed by atoms with van der Waals surface area (Å²) in [6.07, 6.45) is 0. The monoisotopic (exact) mass is 235 g/mol. The molecule has 1 heterocycles. The zero-order chi connectivity index (χ0) is 12.3. The molecule has 17 heavy (non-hydrogen) atoms. The number of rotatable bonds is 5. The number of hydrogen-bond donors (Lipinski definition) is 2. The van der Waals surface area contributed by atoms with E-state index in [4.69, 9.17) is 9.84 Å². The number of carbonyl (C=O) groups is 1. The lowest BCUT2D eigenvalue weighted by molar-refractivity contribution is -0.178. The van der Waals surface area contributed by atoms with Crippen LogP contribution in [0.5, 0.6) is 0 Å². The fourth-order valence-electron chi connectivity index (χ4n) is 1.89. The van der Waals surface area contributed by atoms with Crippen molar-refractivity contribution in [3.63, 3.8) is 0 Å². The van der Waals surface area contributed by atoms with Gasteiger partial charge >= 0.3 is 5.97 Å². The molecule has 0 spiro atoms. The molecule has 0 unspecified atom stereocenters. The second-order valence-corrected chi connectivity index (χ2v) is 4.61. The molecule has 0 aliphatic carbocycles. The van der Waals surface area contributed by atoms with Gasteiger partial charge in [0.15, 0.2) is 0 Å². The van der Waals surface area contributed by atoms with Crippen LogP contribution in [0.4, 0.5) is 0 Å². The van der Waals surface area contributed by atoms with Gasteiger partial charge in [-0.15, -0.1) is 0 Å². The van der Waals surface area contributed by atoms with Gasteiger partial charge in [0.05, 0.1) is 13.2 Å². The van der Waals surface area contributed by atoms with E-state index in [1.807, 2.05) is 18.2 Å². The molecule has 0 atom stereocenters. The highest BCUT2D eigenvalue weighted by atomic mass is 16.5. The Morgan fingerprint density at radius 2 is 2.18 bits per heavy atom. The van der Waals surface area contributed by atoms with E-state index in [0.717, 1.165) is 0 Å². The van der Waals surface area contributed by atoms with E-state index >= 15 is 0 Å². The van der Waals surface area contributed by atoms with Crippen LogP contribution in [-0.4, -0.2) is 30.8 Å². The number of carboxylic acid groups (broad SMARTS) is 1. The molecule has 1 saturated heterocycles.